The minimum Gasteiger partial charge on any atom is -0.342 e. The number of nitrogens with zero attached hydrogens (tertiary/aromatic N) is 1. The highest BCUT2D eigenvalue weighted by atomic mass is 16.2. The maximum Gasteiger partial charge on any atom is 0.225 e. The fraction of sp³-hybridized carbons (Fsp3) is 0.467. The van der Waals surface area contributed by atoms with Gasteiger partial charge in [-0.05, 0) is 24.2 Å². The van der Waals surface area contributed by atoms with E-state index >= 15 is 0 Å². The summed E-state index contributed by atoms with van der Waals surface area (Å²) in [5.41, 5.74) is 1.76. The first-order valence-electron chi connectivity index (χ1n) is 6.84. The Kier molecular flexibility index (Phi) is 6.73. The average Bonchev–Trinajstić information content (AvgIpc) is 2.39. The van der Waals surface area contributed by atoms with Crippen molar-refractivity contribution in [2.24, 2.45) is 0 Å². The van der Waals surface area contributed by atoms with E-state index in [0.717, 1.165) is 17.8 Å². The van der Waals surface area contributed by atoms with E-state index in [1.54, 1.807) is 11.9 Å². The predicted molar refractivity (Wildman–Crippen MR) is 80.4 cm³/mol. The van der Waals surface area contributed by atoms with Gasteiger partial charge in [0, 0.05) is 39.2 Å². The average molecular weight is 277 g/mol. The lowest BCUT2D eigenvalue weighted by molar-refractivity contribution is -0.128. The van der Waals surface area contributed by atoms with Gasteiger partial charge in [-0.25, -0.2) is 0 Å². The van der Waals surface area contributed by atoms with Gasteiger partial charge in [-0.15, -0.1) is 0 Å². The van der Waals surface area contributed by atoms with E-state index in [9.17, 15) is 9.59 Å². The predicted octanol–water partition coefficient (Wildman–Crippen LogP) is 1.60. The highest BCUT2D eigenvalue weighted by Gasteiger charge is 2.05. The first kappa shape index (κ1) is 16.2. The van der Waals surface area contributed by atoms with Crippen molar-refractivity contribution < 1.29 is 9.59 Å². The minimum atomic E-state index is -0.0111. The lowest BCUT2D eigenvalue weighted by Gasteiger charge is -2.15. The summed E-state index contributed by atoms with van der Waals surface area (Å²) < 4.78 is 0. The van der Waals surface area contributed by atoms with E-state index in [-0.39, 0.29) is 11.8 Å². The van der Waals surface area contributed by atoms with Crippen LogP contribution in [0.1, 0.15) is 25.8 Å². The topological polar surface area (TPSA) is 61.4 Å². The van der Waals surface area contributed by atoms with Crippen molar-refractivity contribution in [3.63, 3.8) is 0 Å². The van der Waals surface area contributed by atoms with E-state index in [2.05, 4.69) is 10.6 Å². The molecule has 0 bridgehead atoms. The zero-order valence-corrected chi connectivity index (χ0v) is 12.4. The molecule has 0 fully saturated rings. The number of benzene rings is 1. The van der Waals surface area contributed by atoms with Gasteiger partial charge in [0.25, 0.3) is 0 Å². The van der Waals surface area contributed by atoms with Crippen LogP contribution in [0.15, 0.2) is 24.3 Å². The van der Waals surface area contributed by atoms with Crippen LogP contribution in [0, 0.1) is 0 Å². The minimum absolute atomic E-state index is 0.0111. The number of hydrogen-bond acceptors (Lipinski definition) is 3. The number of nitrogens with one attached hydrogen (secondary N) is 2. The van der Waals surface area contributed by atoms with Crippen molar-refractivity contribution in [1.82, 2.24) is 10.2 Å². The second kappa shape index (κ2) is 8.32. The monoisotopic (exact) mass is 277 g/mol. The van der Waals surface area contributed by atoms with Crippen LogP contribution >= 0.6 is 0 Å². The zero-order valence-electron chi connectivity index (χ0n) is 12.4. The smallest absolute Gasteiger partial charge is 0.225 e. The quantitative estimate of drug-likeness (QED) is 0.744. The van der Waals surface area contributed by atoms with Gasteiger partial charge in [-0.3, -0.25) is 9.59 Å². The van der Waals surface area contributed by atoms with Crippen LogP contribution in [0.25, 0.3) is 0 Å². The molecule has 1 aromatic carbocycles. The van der Waals surface area contributed by atoms with Crippen LogP contribution in [0.5, 0.6) is 0 Å². The molecule has 110 valence electrons. The number of rotatable bonds is 7. The van der Waals surface area contributed by atoms with Gasteiger partial charge in [0.2, 0.25) is 11.8 Å². The first-order valence-corrected chi connectivity index (χ1v) is 6.84. The van der Waals surface area contributed by atoms with Crippen molar-refractivity contribution in [2.45, 2.75) is 26.8 Å². The maximum absolute atomic E-state index is 11.7. The van der Waals surface area contributed by atoms with Crippen LogP contribution in [-0.4, -0.2) is 36.9 Å². The molecule has 0 unspecified atom stereocenters. The fourth-order valence-corrected chi connectivity index (χ4v) is 1.73. The molecular formula is C15H23N3O2. The molecule has 0 aromatic heterocycles. The summed E-state index contributed by atoms with van der Waals surface area (Å²) in [5, 5.41) is 5.97. The molecule has 0 spiro atoms. The summed E-state index contributed by atoms with van der Waals surface area (Å²) in [5.74, 6) is 0.00750. The summed E-state index contributed by atoms with van der Waals surface area (Å²) in [6, 6.07) is 7.56. The van der Waals surface area contributed by atoms with Crippen molar-refractivity contribution in [2.75, 3.05) is 25.5 Å². The highest BCUT2D eigenvalue weighted by Crippen LogP contribution is 2.12. The molecule has 0 aliphatic rings. The van der Waals surface area contributed by atoms with Crippen LogP contribution in [0.3, 0.4) is 0 Å². The largest absolute Gasteiger partial charge is 0.342 e. The van der Waals surface area contributed by atoms with Gasteiger partial charge in [-0.2, -0.15) is 0 Å². The number of amides is 2. The molecule has 20 heavy (non-hydrogen) atoms. The third-order valence-electron chi connectivity index (χ3n) is 2.95. The van der Waals surface area contributed by atoms with Gasteiger partial charge in [0.1, 0.15) is 0 Å². The third kappa shape index (κ3) is 5.84. The molecule has 0 aliphatic carbocycles. The summed E-state index contributed by atoms with van der Waals surface area (Å²) in [6.07, 6.45) is 0.450. The second-order valence-electron chi connectivity index (χ2n) is 4.73. The Bertz CT molecular complexity index is 460. The molecule has 0 saturated carbocycles. The molecule has 1 rings (SSSR count). The van der Waals surface area contributed by atoms with E-state index in [1.165, 1.54) is 6.92 Å². The fourth-order valence-electron chi connectivity index (χ4n) is 1.73. The van der Waals surface area contributed by atoms with Gasteiger partial charge in [0.15, 0.2) is 0 Å². The van der Waals surface area contributed by atoms with E-state index in [0.29, 0.717) is 19.5 Å². The van der Waals surface area contributed by atoms with Crippen LogP contribution in [0.2, 0.25) is 0 Å². The SMILES string of the molecule is CCNCCC(=O)Nc1cccc(CN(C)C(C)=O)c1. The van der Waals surface area contributed by atoms with Crippen molar-refractivity contribution in [1.29, 1.82) is 0 Å². The lowest BCUT2D eigenvalue weighted by atomic mass is 10.2. The number of anilines is 1. The molecule has 0 aliphatic heterocycles. The van der Waals surface area contributed by atoms with Gasteiger partial charge < -0.3 is 15.5 Å². The Morgan fingerprint density at radius 3 is 2.70 bits per heavy atom. The Balaban J connectivity index is 2.55. The molecule has 0 saturated heterocycles. The van der Waals surface area contributed by atoms with Crippen LogP contribution in [-0.2, 0) is 16.1 Å². The zero-order chi connectivity index (χ0) is 15.0. The number of carbonyl (C=O) groups excluding carboxylic acids is 2. The van der Waals surface area contributed by atoms with Gasteiger partial charge >= 0.3 is 0 Å². The molecule has 0 radical (unpaired) electrons. The van der Waals surface area contributed by atoms with E-state index in [1.807, 2.05) is 31.2 Å². The van der Waals surface area contributed by atoms with Crippen LogP contribution < -0.4 is 10.6 Å². The van der Waals surface area contributed by atoms with Crippen LogP contribution in [0.4, 0.5) is 5.69 Å². The standard InChI is InChI=1S/C15H23N3O2/c1-4-16-9-8-15(20)17-14-7-5-6-13(10-14)11-18(3)12(2)19/h5-7,10,16H,4,8-9,11H2,1-3H3,(H,17,20). The van der Waals surface area contributed by atoms with E-state index < -0.39 is 0 Å². The normalized spacial score (nSPS) is 10.2. The summed E-state index contributed by atoms with van der Waals surface area (Å²) in [4.78, 5) is 24.6. The molecule has 2 N–H and O–H groups in total. The number of hydrogen-bond donors (Lipinski definition) is 2. The highest BCUT2D eigenvalue weighted by molar-refractivity contribution is 5.90. The van der Waals surface area contributed by atoms with Crippen molar-refractivity contribution >= 4 is 17.5 Å². The number of carbonyl (C=O) groups is 2. The van der Waals surface area contributed by atoms with Gasteiger partial charge in [-0.1, -0.05) is 19.1 Å². The molecular weight excluding hydrogens is 254 g/mol. The first-order chi connectivity index (χ1) is 9.52. The third-order valence-corrected chi connectivity index (χ3v) is 2.95. The molecule has 5 nitrogen and oxygen atoms in total. The summed E-state index contributed by atoms with van der Waals surface area (Å²) in [6.45, 7) is 5.62. The Morgan fingerprint density at radius 2 is 2.05 bits per heavy atom. The second-order valence-corrected chi connectivity index (χ2v) is 4.73. The summed E-state index contributed by atoms with van der Waals surface area (Å²) >= 11 is 0. The molecule has 1 aromatic rings. The van der Waals surface area contributed by atoms with E-state index in [4.69, 9.17) is 0 Å². The molecule has 0 heterocycles. The van der Waals surface area contributed by atoms with Crippen molar-refractivity contribution in [3.05, 3.63) is 29.8 Å². The molecule has 0 atom stereocenters. The lowest BCUT2D eigenvalue weighted by Crippen LogP contribution is -2.23. The Morgan fingerprint density at radius 1 is 1.30 bits per heavy atom. The maximum atomic E-state index is 11.7. The Labute approximate surface area is 120 Å². The van der Waals surface area contributed by atoms with Crippen molar-refractivity contribution in [3.8, 4) is 0 Å². The summed E-state index contributed by atoms with van der Waals surface area (Å²) in [7, 11) is 1.75. The van der Waals surface area contributed by atoms with Gasteiger partial charge in [0.05, 0.1) is 0 Å². The Hall–Kier alpha value is -1.88. The molecule has 2 amide bonds. The molecule has 5 heteroatoms.